The molecule has 0 aromatic heterocycles. The number of hydrogen-bond acceptors (Lipinski definition) is 2. The molecule has 5 heteroatoms. The molecule has 0 aliphatic carbocycles. The second-order valence-corrected chi connectivity index (χ2v) is 5.10. The molecule has 1 saturated heterocycles. The van der Waals surface area contributed by atoms with Gasteiger partial charge in [-0.15, -0.1) is 0 Å². The van der Waals surface area contributed by atoms with Gasteiger partial charge in [0.05, 0.1) is 6.42 Å². The summed E-state index contributed by atoms with van der Waals surface area (Å²) in [7, 11) is 0. The van der Waals surface area contributed by atoms with Crippen molar-refractivity contribution in [3.63, 3.8) is 0 Å². The van der Waals surface area contributed by atoms with Crippen molar-refractivity contribution in [3.05, 3.63) is 0 Å². The average molecular weight is 252 g/mol. The highest BCUT2D eigenvalue weighted by Gasteiger charge is 2.29. The molecule has 0 saturated carbocycles. The summed E-state index contributed by atoms with van der Waals surface area (Å²) in [5.74, 6) is 0. The number of hydrogen-bond donors (Lipinski definition) is 1. The third-order valence-corrected chi connectivity index (χ3v) is 3.28. The molecular weight excluding hydrogens is 229 g/mol. The van der Waals surface area contributed by atoms with E-state index in [1.54, 1.807) is 0 Å². The fourth-order valence-corrected chi connectivity index (χ4v) is 2.19. The molecule has 0 aromatic carbocycles. The molecule has 1 aliphatic heterocycles. The zero-order valence-electron chi connectivity index (χ0n) is 10.7. The first-order chi connectivity index (χ1) is 7.88. The Kier molecular flexibility index (Phi) is 5.73. The fraction of sp³-hybridized carbons (Fsp3) is 1.00. The molecule has 0 spiro atoms. The summed E-state index contributed by atoms with van der Waals surface area (Å²) in [5, 5.41) is 3.38. The van der Waals surface area contributed by atoms with Crippen LogP contribution in [-0.4, -0.2) is 42.8 Å². The fourth-order valence-electron chi connectivity index (χ4n) is 2.19. The maximum atomic E-state index is 12.2. The van der Waals surface area contributed by atoms with Gasteiger partial charge in [-0.2, -0.15) is 13.2 Å². The smallest absolute Gasteiger partial charge is 0.313 e. The Balaban J connectivity index is 2.37. The second kappa shape index (κ2) is 6.59. The highest BCUT2D eigenvalue weighted by atomic mass is 19.4. The van der Waals surface area contributed by atoms with Crippen LogP contribution in [0.1, 0.15) is 39.5 Å². The van der Waals surface area contributed by atoms with Gasteiger partial charge >= 0.3 is 6.18 Å². The maximum absolute atomic E-state index is 12.2. The molecule has 1 fully saturated rings. The van der Waals surface area contributed by atoms with Gasteiger partial charge in [-0.05, 0) is 33.2 Å². The van der Waals surface area contributed by atoms with Crippen molar-refractivity contribution in [2.75, 3.05) is 19.6 Å². The number of rotatable bonds is 5. The molecule has 1 heterocycles. The Morgan fingerprint density at radius 2 is 2.00 bits per heavy atom. The lowest BCUT2D eigenvalue weighted by Gasteiger charge is -2.33. The molecule has 2 nitrogen and oxygen atoms in total. The summed E-state index contributed by atoms with van der Waals surface area (Å²) in [6, 6.07) is 0.528. The standard InChI is InChI=1S/C12H23F3N2/c1-10(2)17(8-6-12(13,14)15)9-11-5-3-4-7-16-11/h10-11,16H,3-9H2,1-2H3. The summed E-state index contributed by atoms with van der Waals surface area (Å²) >= 11 is 0. The molecule has 1 unspecified atom stereocenters. The Morgan fingerprint density at radius 1 is 1.29 bits per heavy atom. The van der Waals surface area contributed by atoms with E-state index in [-0.39, 0.29) is 12.6 Å². The van der Waals surface area contributed by atoms with E-state index < -0.39 is 12.6 Å². The molecule has 1 atom stereocenters. The minimum atomic E-state index is -4.05. The molecule has 102 valence electrons. The van der Waals surface area contributed by atoms with Gasteiger partial charge in [-0.1, -0.05) is 6.42 Å². The largest absolute Gasteiger partial charge is 0.390 e. The average Bonchev–Trinajstić information content (AvgIpc) is 2.24. The minimum Gasteiger partial charge on any atom is -0.313 e. The number of piperidine rings is 1. The van der Waals surface area contributed by atoms with Crippen LogP contribution in [0.15, 0.2) is 0 Å². The Morgan fingerprint density at radius 3 is 2.47 bits per heavy atom. The summed E-state index contributed by atoms with van der Waals surface area (Å²) in [6.07, 6.45) is -1.32. The topological polar surface area (TPSA) is 15.3 Å². The monoisotopic (exact) mass is 252 g/mol. The van der Waals surface area contributed by atoms with E-state index in [1.807, 2.05) is 18.7 Å². The number of nitrogens with zero attached hydrogens (tertiary/aromatic N) is 1. The van der Waals surface area contributed by atoms with Crippen molar-refractivity contribution in [3.8, 4) is 0 Å². The van der Waals surface area contributed by atoms with E-state index >= 15 is 0 Å². The molecule has 1 N–H and O–H groups in total. The molecule has 0 aromatic rings. The van der Waals surface area contributed by atoms with Crippen LogP contribution in [0.25, 0.3) is 0 Å². The SMILES string of the molecule is CC(C)N(CCC(F)(F)F)CC1CCCCN1. The molecule has 0 bridgehead atoms. The summed E-state index contributed by atoms with van der Waals surface area (Å²) in [4.78, 5) is 1.93. The van der Waals surface area contributed by atoms with Crippen LogP contribution < -0.4 is 5.32 Å². The van der Waals surface area contributed by atoms with Crippen molar-refractivity contribution >= 4 is 0 Å². The quantitative estimate of drug-likeness (QED) is 0.809. The maximum Gasteiger partial charge on any atom is 0.390 e. The first-order valence-electron chi connectivity index (χ1n) is 6.42. The predicted molar refractivity (Wildman–Crippen MR) is 63.0 cm³/mol. The van der Waals surface area contributed by atoms with Gasteiger partial charge in [0.25, 0.3) is 0 Å². The zero-order valence-corrected chi connectivity index (χ0v) is 10.7. The van der Waals surface area contributed by atoms with Crippen molar-refractivity contribution in [2.45, 2.75) is 57.8 Å². The number of nitrogens with one attached hydrogen (secondary N) is 1. The van der Waals surface area contributed by atoms with E-state index in [1.165, 1.54) is 12.8 Å². The number of alkyl halides is 3. The van der Waals surface area contributed by atoms with Crippen LogP contribution in [0.2, 0.25) is 0 Å². The molecule has 0 amide bonds. The van der Waals surface area contributed by atoms with Crippen molar-refractivity contribution in [1.29, 1.82) is 0 Å². The molecular formula is C12H23F3N2. The highest BCUT2D eigenvalue weighted by molar-refractivity contribution is 4.78. The van der Waals surface area contributed by atoms with Crippen molar-refractivity contribution < 1.29 is 13.2 Å². The normalized spacial score (nSPS) is 22.4. The van der Waals surface area contributed by atoms with E-state index in [0.29, 0.717) is 6.04 Å². The highest BCUT2D eigenvalue weighted by Crippen LogP contribution is 2.21. The Labute approximate surface area is 102 Å². The van der Waals surface area contributed by atoms with Crippen LogP contribution in [0.3, 0.4) is 0 Å². The van der Waals surface area contributed by atoms with E-state index in [9.17, 15) is 13.2 Å². The molecule has 1 rings (SSSR count). The van der Waals surface area contributed by atoms with Crippen LogP contribution in [0.4, 0.5) is 13.2 Å². The van der Waals surface area contributed by atoms with Crippen LogP contribution in [-0.2, 0) is 0 Å². The van der Waals surface area contributed by atoms with Crippen LogP contribution >= 0.6 is 0 Å². The van der Waals surface area contributed by atoms with E-state index in [0.717, 1.165) is 19.5 Å². The van der Waals surface area contributed by atoms with Crippen molar-refractivity contribution in [1.82, 2.24) is 10.2 Å². The van der Waals surface area contributed by atoms with E-state index in [2.05, 4.69) is 5.32 Å². The van der Waals surface area contributed by atoms with Crippen molar-refractivity contribution in [2.24, 2.45) is 0 Å². The van der Waals surface area contributed by atoms with Crippen LogP contribution in [0.5, 0.6) is 0 Å². The molecule has 0 radical (unpaired) electrons. The van der Waals surface area contributed by atoms with Gasteiger partial charge in [0, 0.05) is 25.2 Å². The van der Waals surface area contributed by atoms with Gasteiger partial charge in [0.15, 0.2) is 0 Å². The van der Waals surface area contributed by atoms with Gasteiger partial charge in [-0.25, -0.2) is 0 Å². The van der Waals surface area contributed by atoms with Gasteiger partial charge in [0.1, 0.15) is 0 Å². The molecule has 17 heavy (non-hydrogen) atoms. The first-order valence-corrected chi connectivity index (χ1v) is 6.42. The lowest BCUT2D eigenvalue weighted by atomic mass is 10.0. The van der Waals surface area contributed by atoms with E-state index in [4.69, 9.17) is 0 Å². The zero-order chi connectivity index (χ0) is 12.9. The predicted octanol–water partition coefficient (Wildman–Crippen LogP) is 2.79. The Bertz CT molecular complexity index is 210. The second-order valence-electron chi connectivity index (χ2n) is 5.10. The summed E-state index contributed by atoms with van der Waals surface area (Å²) < 4.78 is 36.6. The third-order valence-electron chi connectivity index (χ3n) is 3.28. The third kappa shape index (κ3) is 6.27. The minimum absolute atomic E-state index is 0.110. The number of halogens is 3. The first kappa shape index (κ1) is 14.8. The lowest BCUT2D eigenvalue weighted by molar-refractivity contribution is -0.139. The lowest BCUT2D eigenvalue weighted by Crippen LogP contribution is -2.46. The van der Waals surface area contributed by atoms with Gasteiger partial charge < -0.3 is 5.32 Å². The van der Waals surface area contributed by atoms with Gasteiger partial charge in [0.2, 0.25) is 0 Å². The molecule has 1 aliphatic rings. The van der Waals surface area contributed by atoms with Gasteiger partial charge in [-0.3, -0.25) is 4.90 Å². The summed E-state index contributed by atoms with van der Waals surface area (Å²) in [5.41, 5.74) is 0. The summed E-state index contributed by atoms with van der Waals surface area (Å²) in [6.45, 7) is 5.75. The Hall–Kier alpha value is -0.290. The van der Waals surface area contributed by atoms with Crippen LogP contribution in [0, 0.1) is 0 Å².